The Kier molecular flexibility index (Phi) is 33.7. The first-order valence-electron chi connectivity index (χ1n) is 49.2. The van der Waals surface area contributed by atoms with Crippen LogP contribution in [-0.4, -0.2) is 318 Å². The van der Waals surface area contributed by atoms with E-state index in [1.807, 2.05) is 0 Å². The van der Waals surface area contributed by atoms with Crippen LogP contribution in [0, 0.1) is 0 Å². The normalized spacial score (nSPS) is 21.6. The summed E-state index contributed by atoms with van der Waals surface area (Å²) in [5.41, 5.74) is 11.2. The molecule has 12 aromatic rings. The maximum atomic E-state index is 10.2. The monoisotopic (exact) mass is 2750 g/mol. The Labute approximate surface area is 906 Å². The van der Waals surface area contributed by atoms with Crippen molar-refractivity contribution in [3.05, 3.63) is 291 Å². The minimum absolute atomic E-state index is 0.736. The summed E-state index contributed by atoms with van der Waals surface area (Å²) < 4.78 is 132. The molecule has 24 nitrogen and oxygen atoms in total. The van der Waals surface area contributed by atoms with Crippen molar-refractivity contribution in [1.29, 1.82) is 0 Å². The van der Waals surface area contributed by atoms with Gasteiger partial charge in [0.05, 0.1) is 0 Å². The zero-order valence-corrected chi connectivity index (χ0v) is 110. The Morgan fingerprint density at radius 2 is 0.185 bits per heavy atom. The van der Waals surface area contributed by atoms with E-state index in [2.05, 4.69) is 602 Å². The summed E-state index contributed by atoms with van der Waals surface area (Å²) in [7, 11) is 27.3. The molecule has 0 radical (unpaired) electrons. The van der Waals surface area contributed by atoms with E-state index in [1.165, 1.54) is 0 Å². The molecular formula is C112H156N12O12Si4Te6. The second kappa shape index (κ2) is 43.4. The molecule has 0 aromatic heterocycles. The van der Waals surface area contributed by atoms with Crippen LogP contribution in [0.3, 0.4) is 0 Å². The Morgan fingerprint density at radius 3 is 0.233 bits per heavy atom. The van der Waals surface area contributed by atoms with Crippen LogP contribution in [0.15, 0.2) is 291 Å². The van der Waals surface area contributed by atoms with Crippen LogP contribution in [0.5, 0.6) is 0 Å². The van der Waals surface area contributed by atoms with Gasteiger partial charge >= 0.3 is 917 Å². The number of benzene rings is 12. The average molecular weight is 2740 g/mol. The van der Waals surface area contributed by atoms with Crippen LogP contribution in [0.25, 0.3) is 0 Å². The molecule has 4 heterocycles. The van der Waals surface area contributed by atoms with E-state index in [-0.39, 0.29) is 0 Å². The van der Waals surface area contributed by atoms with Gasteiger partial charge < -0.3 is 0 Å². The summed E-state index contributed by atoms with van der Waals surface area (Å²) in [6.45, 7) is 27.0. The van der Waals surface area contributed by atoms with Crippen molar-refractivity contribution in [1.82, 2.24) is 0 Å². The second-order valence-corrected chi connectivity index (χ2v) is 107. The molecule has 4 aliphatic heterocycles. The van der Waals surface area contributed by atoms with Crippen molar-refractivity contribution in [2.24, 2.45) is 0 Å². The first kappa shape index (κ1) is 113. The van der Waals surface area contributed by atoms with Gasteiger partial charge in [-0.2, -0.15) is 0 Å². The first-order valence-corrected chi connectivity index (χ1v) is 81.5. The second-order valence-electron chi connectivity index (χ2n) is 43.9. The quantitative estimate of drug-likeness (QED) is 0.0527. The van der Waals surface area contributed by atoms with E-state index in [0.717, 1.165) is 112 Å². The summed E-state index contributed by atoms with van der Waals surface area (Å²) in [6.07, 6.45) is 0. The van der Waals surface area contributed by atoms with Gasteiger partial charge in [0, 0.05) is 0 Å². The molecule has 12 aromatic carbocycles. The molecule has 0 atom stereocenters. The van der Waals surface area contributed by atoms with E-state index < -0.39 is 169 Å². The number of hydrogen-bond acceptors (Lipinski definition) is 24. The number of nitrogens with zero attached hydrogens (tertiary/aromatic N) is 12. The summed E-state index contributed by atoms with van der Waals surface area (Å²) in [5.74, 6) is 0. The fourth-order valence-corrected chi connectivity index (χ4v) is 153. The maximum absolute atomic E-state index is 10.2. The van der Waals surface area contributed by atoms with E-state index in [0.29, 0.717) is 0 Å². The van der Waals surface area contributed by atoms with Gasteiger partial charge in [0.1, 0.15) is 0 Å². The van der Waals surface area contributed by atoms with Crippen LogP contribution in [0.2, 0.25) is 20.2 Å². The third kappa shape index (κ3) is 21.9. The fourth-order valence-electron chi connectivity index (χ4n) is 16.7. The molecule has 34 heteroatoms. The molecule has 0 amide bonds. The Bertz CT molecular complexity index is 5110. The predicted molar refractivity (Wildman–Crippen MR) is 634 cm³/mol. The molecule has 788 valence electrons. The SMILES string of the molecule is CN(C)c1ccc([Te]2(c3ccc(N(C)C)cc3)O[Si]3(C(C)(C)C)O[Te](c4ccc(N(C)C)cc4)(c4ccc(N(C)C)cc4)O[Si]4(C(C)(C)C)O[Te](c5ccc(N(C)C)cc5)(c5ccc(N(C)C)cc5)O[Si](C(C)(C)C)(O2)O[Te](c2ccc(N(C)C)cc2)(c2ccc(N(C)C)cc2)O[Si](C(C)(C)C)(O[Te](c2ccc(N(C)C)cc2)(c2ccc(N(C)C)cc2)O3)O[Te](c2ccc(N(C)C)cc2)(c2ccc(N(C)C)cc2)O4)cc1. The molecule has 4 fully saturated rings. The molecule has 4 saturated heterocycles. The molecular weight excluding hydrogens is 2580 g/mol. The van der Waals surface area contributed by atoms with Crippen LogP contribution >= 0.6 is 0 Å². The van der Waals surface area contributed by atoms with Gasteiger partial charge in [-0.1, -0.05) is 0 Å². The van der Waals surface area contributed by atoms with Gasteiger partial charge in [-0.25, -0.2) is 0 Å². The molecule has 4 bridgehead atoms. The van der Waals surface area contributed by atoms with E-state index in [4.69, 9.17) is 0 Å². The third-order valence-electron chi connectivity index (χ3n) is 26.4. The standard InChI is InChI=1S/C112H156N12O12Si4Te6/c1-109(2,3)137-125-141(97-61-37-85(38-62-97)113(13)14,98-63-39-86(40-64-98)114(15)16)128-138(110(4,5)6)131-144(103-73-49-91(50-74-103)119(25)26,104-75-51-92(52-76-104)120(27)28)133-139(111(7,8)9,129-142(126-137,99-65-41-87(42-66-99)115(17)18)100-67-43-88(44-68-100)116(19)20)135-146(107-81-57-95(58-82-107)123(33)34,108-83-59-96(60-84-108)124(35)36)136-140(112(10,11)12,130-143(127-137,101-69-45-89(46-70-101)117(21)22)102-71-47-90(48-72-102)118(23)24)134-145(132-138,105-77-53-93(54-78-105)121(29)30)106-79-55-94(56-80-106)122(31)32/h37-84H,1-36H3. The summed E-state index contributed by atoms with van der Waals surface area (Å²) >= 11 is -39.1. The van der Waals surface area contributed by atoms with Gasteiger partial charge in [-0.15, -0.1) is 0 Å². The number of hydrogen-bond donors (Lipinski definition) is 0. The van der Waals surface area contributed by atoms with Crippen molar-refractivity contribution in [3.63, 3.8) is 0 Å². The summed E-state index contributed by atoms with van der Waals surface area (Å²) in [5, 5.41) is -5.41. The number of anilines is 12. The summed E-state index contributed by atoms with van der Waals surface area (Å²) in [4.78, 5) is 25.7. The number of fused-ring (bicyclic) bond motifs is 12. The van der Waals surface area contributed by atoms with Gasteiger partial charge in [0.25, 0.3) is 0 Å². The average Bonchev–Trinajstić information content (AvgIpc) is 0.673. The molecule has 16 rings (SSSR count). The fraction of sp³-hybridized carbons (Fsp3) is 0.357. The number of rotatable bonds is 24. The van der Waals surface area contributed by atoms with Crippen LogP contribution in [-0.2, 0) is 33.5 Å². The zero-order chi connectivity index (χ0) is 106. The zero-order valence-electron chi connectivity index (χ0n) is 92.4. The van der Waals surface area contributed by atoms with E-state index in [1.54, 1.807) is 0 Å². The molecule has 0 aliphatic carbocycles. The van der Waals surface area contributed by atoms with Crippen molar-refractivity contribution >= 4 is 261 Å². The summed E-state index contributed by atoms with van der Waals surface area (Å²) in [6, 6.07) is 106. The topological polar surface area (TPSA) is 150 Å². The van der Waals surface area contributed by atoms with Gasteiger partial charge in [-0.3, -0.25) is 0 Å². The van der Waals surface area contributed by atoms with Crippen molar-refractivity contribution in [3.8, 4) is 0 Å². The Hall–Kier alpha value is -6.63. The van der Waals surface area contributed by atoms with Gasteiger partial charge in [0.2, 0.25) is 0 Å². The molecule has 0 unspecified atom stereocenters. The van der Waals surface area contributed by atoms with Gasteiger partial charge in [0.15, 0.2) is 0 Å². The Morgan fingerprint density at radius 1 is 0.123 bits per heavy atom. The molecule has 0 N–H and O–H groups in total. The van der Waals surface area contributed by atoms with Crippen LogP contribution in [0.4, 0.5) is 68.2 Å². The van der Waals surface area contributed by atoms with Crippen molar-refractivity contribution < 1.29 is 33.5 Å². The van der Waals surface area contributed by atoms with Crippen LogP contribution < -0.4 is 102 Å². The Balaban J connectivity index is 1.39. The van der Waals surface area contributed by atoms with Gasteiger partial charge in [-0.05, 0) is 0 Å². The van der Waals surface area contributed by atoms with Crippen molar-refractivity contribution in [2.75, 3.05) is 228 Å². The first-order chi connectivity index (χ1) is 68.4. The molecule has 4 aliphatic rings. The van der Waals surface area contributed by atoms with E-state index in [9.17, 15) is 33.5 Å². The molecule has 0 saturated carbocycles. The van der Waals surface area contributed by atoms with E-state index >= 15 is 0 Å². The minimum atomic E-state index is -6.52. The van der Waals surface area contributed by atoms with Crippen molar-refractivity contribution in [2.45, 2.75) is 103 Å². The third-order valence-corrected chi connectivity index (χ3v) is 116. The van der Waals surface area contributed by atoms with Crippen LogP contribution in [0.1, 0.15) is 83.1 Å². The molecule has 0 spiro atoms. The molecule has 146 heavy (non-hydrogen) atoms. The predicted octanol–water partition coefficient (Wildman–Crippen LogP) is 13.5.